The summed E-state index contributed by atoms with van der Waals surface area (Å²) in [5, 5.41) is 3.68. The van der Waals surface area contributed by atoms with E-state index in [1.165, 1.54) is 24.8 Å². The number of hydrogen-bond donors (Lipinski definition) is 2. The molecule has 0 aromatic carbocycles. The predicted molar refractivity (Wildman–Crippen MR) is 71.8 cm³/mol. The number of rotatable bonds is 6. The average molecular weight is 233 g/mol. The summed E-state index contributed by atoms with van der Waals surface area (Å²) in [6, 6.07) is 4.64. The topological polar surface area (TPSA) is 50.9 Å². The number of nitrogens with one attached hydrogen (secondary N) is 1. The van der Waals surface area contributed by atoms with E-state index in [-0.39, 0.29) is 0 Å². The van der Waals surface area contributed by atoms with E-state index >= 15 is 0 Å². The zero-order valence-corrected chi connectivity index (χ0v) is 10.9. The van der Waals surface area contributed by atoms with Crippen LogP contribution in [-0.2, 0) is 6.42 Å². The zero-order valence-electron chi connectivity index (χ0n) is 10.9. The Labute approximate surface area is 104 Å². The number of pyridine rings is 1. The molecule has 2 rings (SSSR count). The summed E-state index contributed by atoms with van der Waals surface area (Å²) in [7, 11) is 0. The van der Waals surface area contributed by atoms with E-state index in [1.54, 1.807) is 6.20 Å². The largest absolute Gasteiger partial charge is 0.384 e. The predicted octanol–water partition coefficient (Wildman–Crippen LogP) is 2.37. The van der Waals surface area contributed by atoms with Gasteiger partial charge in [0.25, 0.3) is 0 Å². The Balaban J connectivity index is 2.02. The van der Waals surface area contributed by atoms with Gasteiger partial charge in [-0.15, -0.1) is 0 Å². The Hall–Kier alpha value is -1.09. The molecule has 0 amide bonds. The first kappa shape index (κ1) is 12.4. The highest BCUT2D eigenvalue weighted by molar-refractivity contribution is 5.32. The lowest BCUT2D eigenvalue weighted by molar-refractivity contribution is 0.354. The van der Waals surface area contributed by atoms with Crippen LogP contribution >= 0.6 is 0 Å². The van der Waals surface area contributed by atoms with Crippen molar-refractivity contribution in [2.24, 2.45) is 5.41 Å². The second kappa shape index (κ2) is 5.05. The maximum absolute atomic E-state index is 5.73. The first-order valence-corrected chi connectivity index (χ1v) is 6.58. The van der Waals surface area contributed by atoms with Crippen LogP contribution in [0.5, 0.6) is 0 Å². The lowest BCUT2D eigenvalue weighted by Crippen LogP contribution is -2.38. The van der Waals surface area contributed by atoms with Gasteiger partial charge in [-0.05, 0) is 55.3 Å². The van der Waals surface area contributed by atoms with Crippen molar-refractivity contribution in [3.63, 3.8) is 0 Å². The second-order valence-corrected chi connectivity index (χ2v) is 5.45. The van der Waals surface area contributed by atoms with Gasteiger partial charge in [0.2, 0.25) is 0 Å². The van der Waals surface area contributed by atoms with Crippen LogP contribution < -0.4 is 11.1 Å². The fraction of sp³-hybridized carbons (Fsp3) is 0.643. The summed E-state index contributed by atoms with van der Waals surface area (Å²) >= 11 is 0. The fourth-order valence-corrected chi connectivity index (χ4v) is 2.29. The van der Waals surface area contributed by atoms with Crippen molar-refractivity contribution in [2.75, 3.05) is 12.3 Å². The molecule has 3 N–H and O–H groups in total. The van der Waals surface area contributed by atoms with Gasteiger partial charge in [0.05, 0.1) is 0 Å². The molecular formula is C14H23N3. The van der Waals surface area contributed by atoms with Crippen LogP contribution in [0.15, 0.2) is 18.3 Å². The van der Waals surface area contributed by atoms with Crippen LogP contribution in [0.4, 0.5) is 5.82 Å². The van der Waals surface area contributed by atoms with E-state index in [1.807, 2.05) is 6.07 Å². The second-order valence-electron chi connectivity index (χ2n) is 5.45. The Morgan fingerprint density at radius 2 is 2.29 bits per heavy atom. The highest BCUT2D eigenvalue weighted by Crippen LogP contribution is 2.48. The van der Waals surface area contributed by atoms with E-state index in [4.69, 9.17) is 5.73 Å². The quantitative estimate of drug-likeness (QED) is 0.793. The number of nitrogen functional groups attached to an aromatic ring is 1. The number of nitrogens with zero attached hydrogens (tertiary/aromatic N) is 1. The number of aromatic nitrogens is 1. The first-order chi connectivity index (χ1) is 8.14. The van der Waals surface area contributed by atoms with Gasteiger partial charge in [-0.2, -0.15) is 0 Å². The first-order valence-electron chi connectivity index (χ1n) is 6.58. The molecule has 0 aliphatic heterocycles. The molecule has 0 saturated heterocycles. The highest BCUT2D eigenvalue weighted by Gasteiger charge is 2.44. The molecule has 3 heteroatoms. The van der Waals surface area contributed by atoms with Gasteiger partial charge in [0, 0.05) is 12.2 Å². The summed E-state index contributed by atoms with van der Waals surface area (Å²) in [6.45, 7) is 5.69. The van der Waals surface area contributed by atoms with Gasteiger partial charge in [-0.3, -0.25) is 0 Å². The summed E-state index contributed by atoms with van der Waals surface area (Å²) in [5.74, 6) is 0.623. The molecule has 0 radical (unpaired) electrons. The van der Waals surface area contributed by atoms with Crippen molar-refractivity contribution >= 4 is 5.82 Å². The van der Waals surface area contributed by atoms with Crippen molar-refractivity contribution in [3.05, 3.63) is 23.9 Å². The summed E-state index contributed by atoms with van der Waals surface area (Å²) in [6.07, 6.45) is 6.73. The lowest BCUT2D eigenvalue weighted by atomic mass is 9.92. The van der Waals surface area contributed by atoms with Crippen LogP contribution in [0.2, 0.25) is 0 Å². The van der Waals surface area contributed by atoms with Crippen LogP contribution in [0, 0.1) is 5.41 Å². The molecule has 1 unspecified atom stereocenters. The highest BCUT2D eigenvalue weighted by atomic mass is 14.9. The molecule has 0 spiro atoms. The molecule has 1 heterocycles. The van der Waals surface area contributed by atoms with Gasteiger partial charge < -0.3 is 11.1 Å². The van der Waals surface area contributed by atoms with Crippen LogP contribution in [0.1, 0.15) is 38.7 Å². The maximum Gasteiger partial charge on any atom is 0.123 e. The molecule has 1 atom stereocenters. The molecule has 1 fully saturated rings. The SMILES string of the molecule is CCCNC(Cc1ccnc(N)c1)C1(C)CC1. The summed E-state index contributed by atoms with van der Waals surface area (Å²) in [4.78, 5) is 4.04. The number of nitrogens with two attached hydrogens (primary N) is 1. The van der Waals surface area contributed by atoms with Gasteiger partial charge >= 0.3 is 0 Å². The Morgan fingerprint density at radius 3 is 2.88 bits per heavy atom. The third-order valence-corrected chi connectivity index (χ3v) is 3.81. The van der Waals surface area contributed by atoms with Gasteiger partial charge in [-0.1, -0.05) is 13.8 Å². The minimum absolute atomic E-state index is 0.493. The van der Waals surface area contributed by atoms with E-state index in [9.17, 15) is 0 Å². The van der Waals surface area contributed by atoms with Crippen molar-refractivity contribution in [1.82, 2.24) is 10.3 Å². The minimum atomic E-state index is 0.493. The Morgan fingerprint density at radius 1 is 1.53 bits per heavy atom. The van der Waals surface area contributed by atoms with E-state index in [2.05, 4.69) is 30.2 Å². The van der Waals surface area contributed by atoms with Gasteiger partial charge in [0.15, 0.2) is 0 Å². The molecular weight excluding hydrogens is 210 g/mol. The molecule has 1 aliphatic carbocycles. The number of anilines is 1. The molecule has 1 aromatic rings. The standard InChI is InChI=1S/C14H23N3/c1-3-7-16-12(14(2)5-6-14)9-11-4-8-17-13(15)10-11/h4,8,10,12,16H,3,5-7,9H2,1-2H3,(H2,15,17). The molecule has 94 valence electrons. The Kier molecular flexibility index (Phi) is 3.67. The molecule has 3 nitrogen and oxygen atoms in total. The van der Waals surface area contributed by atoms with Crippen molar-refractivity contribution in [1.29, 1.82) is 0 Å². The maximum atomic E-state index is 5.73. The van der Waals surface area contributed by atoms with E-state index < -0.39 is 0 Å². The summed E-state index contributed by atoms with van der Waals surface area (Å²) < 4.78 is 0. The monoisotopic (exact) mass is 233 g/mol. The van der Waals surface area contributed by atoms with E-state index in [0.717, 1.165) is 13.0 Å². The molecule has 1 aliphatic rings. The van der Waals surface area contributed by atoms with Crippen LogP contribution in [0.25, 0.3) is 0 Å². The van der Waals surface area contributed by atoms with Crippen molar-refractivity contribution < 1.29 is 0 Å². The third-order valence-electron chi connectivity index (χ3n) is 3.81. The van der Waals surface area contributed by atoms with E-state index in [0.29, 0.717) is 17.3 Å². The van der Waals surface area contributed by atoms with Crippen molar-refractivity contribution in [2.45, 2.75) is 45.6 Å². The zero-order chi connectivity index (χ0) is 12.3. The normalized spacial score (nSPS) is 18.9. The van der Waals surface area contributed by atoms with Gasteiger partial charge in [0.1, 0.15) is 5.82 Å². The lowest BCUT2D eigenvalue weighted by Gasteiger charge is -2.25. The number of hydrogen-bond acceptors (Lipinski definition) is 3. The Bertz CT molecular complexity index is 371. The molecule has 1 saturated carbocycles. The van der Waals surface area contributed by atoms with Crippen LogP contribution in [-0.4, -0.2) is 17.6 Å². The summed E-state index contributed by atoms with van der Waals surface area (Å²) in [5.41, 5.74) is 7.51. The average Bonchev–Trinajstić information content (AvgIpc) is 3.04. The molecule has 17 heavy (non-hydrogen) atoms. The molecule has 1 aromatic heterocycles. The third kappa shape index (κ3) is 3.19. The minimum Gasteiger partial charge on any atom is -0.384 e. The van der Waals surface area contributed by atoms with Gasteiger partial charge in [-0.25, -0.2) is 4.98 Å². The molecule has 0 bridgehead atoms. The smallest absolute Gasteiger partial charge is 0.123 e. The fourth-order valence-electron chi connectivity index (χ4n) is 2.29. The van der Waals surface area contributed by atoms with Crippen LogP contribution in [0.3, 0.4) is 0 Å². The van der Waals surface area contributed by atoms with Crippen molar-refractivity contribution in [3.8, 4) is 0 Å².